The van der Waals surface area contributed by atoms with Crippen molar-refractivity contribution in [2.75, 3.05) is 19.6 Å². The number of rotatable bonds is 8. The summed E-state index contributed by atoms with van der Waals surface area (Å²) in [6.45, 7) is 12.1. The third-order valence-electron chi connectivity index (χ3n) is 4.84. The van der Waals surface area contributed by atoms with Gasteiger partial charge in [-0.15, -0.1) is 0 Å². The lowest BCUT2D eigenvalue weighted by atomic mass is 10.1. The summed E-state index contributed by atoms with van der Waals surface area (Å²) in [5.74, 6) is 0.682. The van der Waals surface area contributed by atoms with E-state index >= 15 is 0 Å². The number of carbonyl (C=O) groups is 1. The molecule has 1 amide bonds. The first-order valence-electron chi connectivity index (χ1n) is 10.2. The molecule has 158 valence electrons. The quantitative estimate of drug-likeness (QED) is 0.362. The zero-order valence-electron chi connectivity index (χ0n) is 18.5. The molecule has 0 saturated heterocycles. The Morgan fingerprint density at radius 3 is 2.62 bits per heavy atom. The Hall–Kier alpha value is -2.83. The lowest BCUT2D eigenvalue weighted by molar-refractivity contribution is 0.0954. The first kappa shape index (κ1) is 22.5. The van der Waals surface area contributed by atoms with Crippen LogP contribution in [0.4, 0.5) is 0 Å². The Kier molecular flexibility index (Phi) is 8.24. The van der Waals surface area contributed by atoms with Crippen LogP contribution in [0.3, 0.4) is 0 Å². The van der Waals surface area contributed by atoms with Crippen molar-refractivity contribution in [2.45, 2.75) is 47.1 Å². The van der Waals surface area contributed by atoms with Crippen LogP contribution >= 0.6 is 0 Å². The van der Waals surface area contributed by atoms with E-state index in [0.717, 1.165) is 30.2 Å². The number of aromatic nitrogens is 2. The number of hydrogen-bond acceptors (Lipinski definition) is 3. The number of carbonyl (C=O) groups excluding carboxylic acids is 1. The van der Waals surface area contributed by atoms with Crippen LogP contribution in [0, 0.1) is 20.8 Å². The molecule has 1 aromatic heterocycles. The van der Waals surface area contributed by atoms with Gasteiger partial charge in [-0.25, -0.2) is 0 Å². The van der Waals surface area contributed by atoms with Gasteiger partial charge in [0.15, 0.2) is 5.96 Å². The molecule has 7 heteroatoms. The third-order valence-corrected chi connectivity index (χ3v) is 4.84. The normalized spacial score (nSPS) is 12.6. The van der Waals surface area contributed by atoms with Crippen LogP contribution in [0.15, 0.2) is 29.3 Å². The zero-order valence-corrected chi connectivity index (χ0v) is 18.5. The predicted octanol–water partition coefficient (Wildman–Crippen LogP) is 2.26. The molecule has 0 radical (unpaired) electrons. The van der Waals surface area contributed by atoms with Gasteiger partial charge in [0.1, 0.15) is 0 Å². The van der Waals surface area contributed by atoms with Crippen LogP contribution in [0.25, 0.3) is 0 Å². The molecule has 0 fully saturated rings. The van der Waals surface area contributed by atoms with Crippen LogP contribution < -0.4 is 16.0 Å². The Morgan fingerprint density at radius 2 is 2.00 bits per heavy atom. The summed E-state index contributed by atoms with van der Waals surface area (Å²) < 4.78 is 1.92. The lowest BCUT2D eigenvalue weighted by Crippen LogP contribution is -2.43. The average Bonchev–Trinajstić information content (AvgIpc) is 2.91. The second-order valence-corrected chi connectivity index (χ2v) is 7.41. The summed E-state index contributed by atoms with van der Waals surface area (Å²) in [6.07, 6.45) is 0.875. The van der Waals surface area contributed by atoms with Gasteiger partial charge in [-0.1, -0.05) is 17.7 Å². The zero-order chi connectivity index (χ0) is 21.4. The molecule has 0 saturated carbocycles. The number of nitrogens with one attached hydrogen (secondary N) is 3. The molecule has 2 aromatic rings. The van der Waals surface area contributed by atoms with Crippen LogP contribution in [-0.2, 0) is 13.5 Å². The van der Waals surface area contributed by atoms with Crippen molar-refractivity contribution in [3.63, 3.8) is 0 Å². The summed E-state index contributed by atoms with van der Waals surface area (Å²) in [4.78, 5) is 16.8. The molecule has 1 unspecified atom stereocenters. The molecule has 0 aliphatic heterocycles. The maximum atomic E-state index is 12.2. The average molecular weight is 399 g/mol. The molecule has 0 bridgehead atoms. The van der Waals surface area contributed by atoms with Crippen molar-refractivity contribution in [2.24, 2.45) is 12.0 Å². The second-order valence-electron chi connectivity index (χ2n) is 7.41. The number of nitrogens with zero attached hydrogens (tertiary/aromatic N) is 3. The van der Waals surface area contributed by atoms with Crippen molar-refractivity contribution in [3.05, 3.63) is 52.3 Å². The lowest BCUT2D eigenvalue weighted by Gasteiger charge is -2.18. The number of aryl methyl sites for hydroxylation is 3. The molecule has 0 spiro atoms. The molecule has 0 aliphatic carbocycles. The van der Waals surface area contributed by atoms with E-state index in [-0.39, 0.29) is 11.9 Å². The molecular formula is C22H34N6O. The minimum Gasteiger partial charge on any atom is -0.357 e. The SMILES string of the molecule is CCNC(=NCCNC(=O)c1cccc(C)c1)NC(C)Cc1c(C)nn(C)c1C. The van der Waals surface area contributed by atoms with Gasteiger partial charge in [0.25, 0.3) is 5.91 Å². The highest BCUT2D eigenvalue weighted by atomic mass is 16.1. The van der Waals surface area contributed by atoms with E-state index in [9.17, 15) is 4.79 Å². The Labute approximate surface area is 174 Å². The van der Waals surface area contributed by atoms with Crippen molar-refractivity contribution in [3.8, 4) is 0 Å². The van der Waals surface area contributed by atoms with Crippen LogP contribution in [-0.4, -0.2) is 47.3 Å². The van der Waals surface area contributed by atoms with Gasteiger partial charge >= 0.3 is 0 Å². The maximum Gasteiger partial charge on any atom is 0.251 e. The van der Waals surface area contributed by atoms with Crippen LogP contribution in [0.5, 0.6) is 0 Å². The van der Waals surface area contributed by atoms with E-state index in [0.29, 0.717) is 18.7 Å². The summed E-state index contributed by atoms with van der Waals surface area (Å²) in [5, 5.41) is 14.1. The van der Waals surface area contributed by atoms with Gasteiger partial charge in [-0.3, -0.25) is 14.5 Å². The van der Waals surface area contributed by atoms with Gasteiger partial charge in [-0.2, -0.15) is 5.10 Å². The smallest absolute Gasteiger partial charge is 0.251 e. The maximum absolute atomic E-state index is 12.2. The molecule has 3 N–H and O–H groups in total. The fourth-order valence-electron chi connectivity index (χ4n) is 3.25. The number of aliphatic imine (C=N–C) groups is 1. The molecule has 1 aromatic carbocycles. The van der Waals surface area contributed by atoms with Gasteiger partial charge in [0.2, 0.25) is 0 Å². The van der Waals surface area contributed by atoms with E-state index in [1.165, 1.54) is 11.3 Å². The Bertz CT molecular complexity index is 855. The highest BCUT2D eigenvalue weighted by Crippen LogP contribution is 2.14. The predicted molar refractivity (Wildman–Crippen MR) is 118 cm³/mol. The van der Waals surface area contributed by atoms with Gasteiger partial charge in [0.05, 0.1) is 12.2 Å². The van der Waals surface area contributed by atoms with E-state index < -0.39 is 0 Å². The number of guanidine groups is 1. The minimum absolute atomic E-state index is 0.0715. The summed E-state index contributed by atoms with van der Waals surface area (Å²) in [7, 11) is 1.97. The van der Waals surface area contributed by atoms with Crippen LogP contribution in [0.2, 0.25) is 0 Å². The molecule has 2 rings (SSSR count). The second kappa shape index (κ2) is 10.6. The number of amides is 1. The van der Waals surface area contributed by atoms with E-state index in [4.69, 9.17) is 0 Å². The largest absolute Gasteiger partial charge is 0.357 e. The molecule has 29 heavy (non-hydrogen) atoms. The number of hydrogen-bond donors (Lipinski definition) is 3. The van der Waals surface area contributed by atoms with Gasteiger partial charge < -0.3 is 16.0 Å². The van der Waals surface area contributed by atoms with Gasteiger partial charge in [0, 0.05) is 37.4 Å². The Balaban J connectivity index is 1.87. The summed E-state index contributed by atoms with van der Waals surface area (Å²) in [6, 6.07) is 7.78. The Morgan fingerprint density at radius 1 is 1.24 bits per heavy atom. The fourth-order valence-corrected chi connectivity index (χ4v) is 3.25. The molecule has 0 aliphatic rings. The highest BCUT2D eigenvalue weighted by molar-refractivity contribution is 5.94. The van der Waals surface area contributed by atoms with Crippen molar-refractivity contribution < 1.29 is 4.79 Å². The van der Waals surface area contributed by atoms with E-state index in [1.54, 1.807) is 0 Å². The van der Waals surface area contributed by atoms with Crippen molar-refractivity contribution >= 4 is 11.9 Å². The standard InChI is InChI=1S/C22H34N6O/c1-7-23-22(26-16(3)14-20-17(4)27-28(6)18(20)5)25-12-11-24-21(29)19-10-8-9-15(2)13-19/h8-10,13,16H,7,11-12,14H2,1-6H3,(H,24,29)(H2,23,25,26). The minimum atomic E-state index is -0.0715. The first-order chi connectivity index (χ1) is 13.8. The molecule has 7 nitrogen and oxygen atoms in total. The van der Waals surface area contributed by atoms with Crippen molar-refractivity contribution in [1.29, 1.82) is 0 Å². The topological polar surface area (TPSA) is 83.3 Å². The summed E-state index contributed by atoms with van der Waals surface area (Å²) >= 11 is 0. The van der Waals surface area contributed by atoms with Crippen molar-refractivity contribution in [1.82, 2.24) is 25.7 Å². The van der Waals surface area contributed by atoms with E-state index in [1.807, 2.05) is 56.8 Å². The first-order valence-corrected chi connectivity index (χ1v) is 10.2. The molecular weight excluding hydrogens is 364 g/mol. The molecule has 1 heterocycles. The molecule has 1 atom stereocenters. The fraction of sp³-hybridized carbons (Fsp3) is 0.500. The summed E-state index contributed by atoms with van der Waals surface area (Å²) in [5.41, 5.74) is 5.28. The van der Waals surface area contributed by atoms with Gasteiger partial charge in [-0.05, 0) is 58.7 Å². The van der Waals surface area contributed by atoms with E-state index in [2.05, 4.69) is 39.9 Å². The number of benzene rings is 1. The highest BCUT2D eigenvalue weighted by Gasteiger charge is 2.14. The monoisotopic (exact) mass is 398 g/mol. The third kappa shape index (κ3) is 6.62. The van der Waals surface area contributed by atoms with Crippen LogP contribution in [0.1, 0.15) is 46.7 Å².